The van der Waals surface area contributed by atoms with E-state index in [1.165, 1.54) is 31.4 Å². The number of likely N-dealkylation sites (tertiary alicyclic amines) is 1. The number of ether oxygens (including phenoxy) is 1. The standard InChI is InChI=1S/C23H24F3N5O/c1-2-32-21-7-6-16(12-17(21)23(24,25)26)18-13-20-22(19(14-27)29-18)28-15-31(20)11-10-30-8-4-3-5-9-30/h6-7,12-13,15H,2-5,8-11H2,1H3. The average Bonchev–Trinajstić information content (AvgIpc) is 3.20. The highest BCUT2D eigenvalue weighted by Crippen LogP contribution is 2.39. The number of imidazole rings is 1. The van der Waals surface area contributed by atoms with Gasteiger partial charge >= 0.3 is 6.18 Å². The van der Waals surface area contributed by atoms with E-state index in [1.807, 2.05) is 10.6 Å². The molecule has 168 valence electrons. The Hall–Kier alpha value is -3.12. The minimum Gasteiger partial charge on any atom is -0.493 e. The van der Waals surface area contributed by atoms with Gasteiger partial charge in [0.1, 0.15) is 17.3 Å². The molecule has 0 N–H and O–H groups in total. The zero-order valence-electron chi connectivity index (χ0n) is 17.8. The second-order valence-electron chi connectivity index (χ2n) is 7.82. The van der Waals surface area contributed by atoms with Crippen molar-refractivity contribution in [3.8, 4) is 23.1 Å². The number of pyridine rings is 1. The van der Waals surface area contributed by atoms with Crippen molar-refractivity contribution in [2.24, 2.45) is 0 Å². The highest BCUT2D eigenvalue weighted by Gasteiger charge is 2.35. The largest absolute Gasteiger partial charge is 0.493 e. The minimum atomic E-state index is -4.57. The van der Waals surface area contributed by atoms with E-state index in [4.69, 9.17) is 4.74 Å². The van der Waals surface area contributed by atoms with Gasteiger partial charge in [-0.3, -0.25) is 0 Å². The molecule has 6 nitrogen and oxygen atoms in total. The van der Waals surface area contributed by atoms with Gasteiger partial charge < -0.3 is 14.2 Å². The van der Waals surface area contributed by atoms with Gasteiger partial charge in [-0.05, 0) is 57.1 Å². The van der Waals surface area contributed by atoms with Gasteiger partial charge in [0.25, 0.3) is 0 Å². The van der Waals surface area contributed by atoms with E-state index in [9.17, 15) is 18.4 Å². The first-order valence-corrected chi connectivity index (χ1v) is 10.7. The van der Waals surface area contributed by atoms with Crippen molar-refractivity contribution in [2.75, 3.05) is 26.2 Å². The van der Waals surface area contributed by atoms with E-state index in [-0.39, 0.29) is 23.6 Å². The summed E-state index contributed by atoms with van der Waals surface area (Å²) in [5.74, 6) is -0.225. The van der Waals surface area contributed by atoms with E-state index in [0.717, 1.165) is 25.7 Å². The first kappa shape index (κ1) is 22.1. The smallest absolute Gasteiger partial charge is 0.419 e. The first-order chi connectivity index (χ1) is 15.4. The number of piperidine rings is 1. The Morgan fingerprint density at radius 3 is 2.59 bits per heavy atom. The zero-order chi connectivity index (χ0) is 22.7. The van der Waals surface area contributed by atoms with Crippen LogP contribution in [0.3, 0.4) is 0 Å². The van der Waals surface area contributed by atoms with Crippen LogP contribution in [0, 0.1) is 11.3 Å². The van der Waals surface area contributed by atoms with Crippen molar-refractivity contribution in [3.63, 3.8) is 0 Å². The van der Waals surface area contributed by atoms with Gasteiger partial charge in [0.05, 0.1) is 29.7 Å². The van der Waals surface area contributed by atoms with Crippen molar-refractivity contribution < 1.29 is 17.9 Å². The molecular formula is C23H24F3N5O. The fourth-order valence-electron chi connectivity index (χ4n) is 4.09. The maximum Gasteiger partial charge on any atom is 0.419 e. The van der Waals surface area contributed by atoms with Gasteiger partial charge in [0.15, 0.2) is 5.69 Å². The Kier molecular flexibility index (Phi) is 6.33. The molecule has 0 amide bonds. The lowest BCUT2D eigenvalue weighted by Gasteiger charge is -2.26. The molecule has 0 bridgehead atoms. The molecule has 4 rings (SSSR count). The van der Waals surface area contributed by atoms with Crippen molar-refractivity contribution in [2.45, 2.75) is 38.9 Å². The summed E-state index contributed by atoms with van der Waals surface area (Å²) in [6, 6.07) is 7.59. The van der Waals surface area contributed by atoms with Gasteiger partial charge in [0.2, 0.25) is 0 Å². The van der Waals surface area contributed by atoms with E-state index in [2.05, 4.69) is 14.9 Å². The number of rotatable bonds is 6. The van der Waals surface area contributed by atoms with Crippen LogP contribution in [0.2, 0.25) is 0 Å². The second-order valence-corrected chi connectivity index (χ2v) is 7.82. The van der Waals surface area contributed by atoms with Crippen LogP contribution in [0.5, 0.6) is 5.75 Å². The molecule has 0 aliphatic carbocycles. The molecule has 1 aliphatic heterocycles. The highest BCUT2D eigenvalue weighted by atomic mass is 19.4. The van der Waals surface area contributed by atoms with Crippen molar-refractivity contribution >= 4 is 11.0 Å². The van der Waals surface area contributed by atoms with Crippen LogP contribution in [0.4, 0.5) is 13.2 Å². The molecular weight excluding hydrogens is 419 g/mol. The maximum absolute atomic E-state index is 13.6. The summed E-state index contributed by atoms with van der Waals surface area (Å²) in [7, 11) is 0. The number of nitriles is 1. The number of hydrogen-bond donors (Lipinski definition) is 0. The summed E-state index contributed by atoms with van der Waals surface area (Å²) < 4.78 is 47.9. The number of benzene rings is 1. The summed E-state index contributed by atoms with van der Waals surface area (Å²) >= 11 is 0. The Balaban J connectivity index is 1.72. The first-order valence-electron chi connectivity index (χ1n) is 10.7. The van der Waals surface area contributed by atoms with Crippen LogP contribution >= 0.6 is 0 Å². The number of alkyl halides is 3. The monoisotopic (exact) mass is 443 g/mol. The summed E-state index contributed by atoms with van der Waals surface area (Å²) in [4.78, 5) is 11.0. The Morgan fingerprint density at radius 2 is 1.91 bits per heavy atom. The lowest BCUT2D eigenvalue weighted by molar-refractivity contribution is -0.138. The number of hydrogen-bond acceptors (Lipinski definition) is 5. The Morgan fingerprint density at radius 1 is 1.12 bits per heavy atom. The predicted molar refractivity (Wildman–Crippen MR) is 114 cm³/mol. The molecule has 1 aliphatic rings. The van der Waals surface area contributed by atoms with Crippen LogP contribution in [0.25, 0.3) is 22.3 Å². The summed E-state index contributed by atoms with van der Waals surface area (Å²) in [6.07, 6.45) is 0.736. The van der Waals surface area contributed by atoms with Crippen molar-refractivity contribution in [3.05, 3.63) is 41.9 Å². The Bertz CT molecular complexity index is 1140. The van der Waals surface area contributed by atoms with Gasteiger partial charge in [-0.1, -0.05) is 6.42 Å². The van der Waals surface area contributed by atoms with Crippen LogP contribution in [-0.4, -0.2) is 45.7 Å². The number of halogens is 3. The summed E-state index contributed by atoms with van der Waals surface area (Å²) in [5.41, 5.74) is 0.931. The third kappa shape index (κ3) is 4.55. The van der Waals surface area contributed by atoms with Crippen LogP contribution in [-0.2, 0) is 12.7 Å². The molecule has 1 saturated heterocycles. The molecule has 0 spiro atoms. The fraction of sp³-hybridized carbons (Fsp3) is 0.435. The molecule has 0 unspecified atom stereocenters. The van der Waals surface area contributed by atoms with E-state index in [0.29, 0.717) is 23.3 Å². The van der Waals surface area contributed by atoms with Crippen LogP contribution in [0.15, 0.2) is 30.6 Å². The Labute approximate surface area is 184 Å². The predicted octanol–water partition coefficient (Wildman–Crippen LogP) is 4.87. The molecule has 1 fully saturated rings. The molecule has 2 aromatic heterocycles. The molecule has 3 heterocycles. The maximum atomic E-state index is 13.6. The molecule has 32 heavy (non-hydrogen) atoms. The number of nitrogens with zero attached hydrogens (tertiary/aromatic N) is 5. The molecule has 9 heteroatoms. The second kappa shape index (κ2) is 9.17. The topological polar surface area (TPSA) is 67.0 Å². The number of aromatic nitrogens is 3. The molecule has 3 aromatic rings. The van der Waals surface area contributed by atoms with Gasteiger partial charge in [0, 0.05) is 18.7 Å². The molecule has 0 radical (unpaired) electrons. The molecule has 0 saturated carbocycles. The lowest BCUT2D eigenvalue weighted by atomic mass is 10.1. The van der Waals surface area contributed by atoms with E-state index >= 15 is 0 Å². The van der Waals surface area contributed by atoms with Crippen LogP contribution < -0.4 is 4.74 Å². The van der Waals surface area contributed by atoms with Gasteiger partial charge in [-0.2, -0.15) is 18.4 Å². The van der Waals surface area contributed by atoms with Crippen molar-refractivity contribution in [1.82, 2.24) is 19.4 Å². The van der Waals surface area contributed by atoms with Crippen LogP contribution in [0.1, 0.15) is 37.4 Å². The third-order valence-electron chi connectivity index (χ3n) is 5.70. The summed E-state index contributed by atoms with van der Waals surface area (Å²) in [5, 5.41) is 9.58. The van der Waals surface area contributed by atoms with E-state index in [1.54, 1.807) is 19.3 Å². The quantitative estimate of drug-likeness (QED) is 0.544. The zero-order valence-corrected chi connectivity index (χ0v) is 17.8. The number of fused-ring (bicyclic) bond motifs is 1. The average molecular weight is 443 g/mol. The third-order valence-corrected chi connectivity index (χ3v) is 5.70. The minimum absolute atomic E-state index is 0.0941. The fourth-order valence-corrected chi connectivity index (χ4v) is 4.09. The van der Waals surface area contributed by atoms with Gasteiger partial charge in [-0.25, -0.2) is 9.97 Å². The van der Waals surface area contributed by atoms with E-state index < -0.39 is 11.7 Å². The van der Waals surface area contributed by atoms with Crippen molar-refractivity contribution in [1.29, 1.82) is 5.26 Å². The normalized spacial score (nSPS) is 15.1. The molecule has 1 aromatic carbocycles. The SMILES string of the molecule is CCOc1ccc(-c2cc3c(ncn3CCN3CCCCC3)c(C#N)n2)cc1C(F)(F)F. The highest BCUT2D eigenvalue weighted by molar-refractivity contribution is 5.84. The lowest BCUT2D eigenvalue weighted by Crippen LogP contribution is -2.32. The molecule has 0 atom stereocenters. The van der Waals surface area contributed by atoms with Gasteiger partial charge in [-0.15, -0.1) is 0 Å². The summed E-state index contributed by atoms with van der Waals surface area (Å²) in [6.45, 7) is 5.42.